The van der Waals surface area contributed by atoms with Crippen molar-refractivity contribution in [2.45, 2.75) is 38.8 Å². The number of hydrogen-bond donors (Lipinski definition) is 1. The molecule has 0 bridgehead atoms. The van der Waals surface area contributed by atoms with Crippen LogP contribution >= 0.6 is 0 Å². The van der Waals surface area contributed by atoms with Crippen LogP contribution in [0.5, 0.6) is 0 Å². The van der Waals surface area contributed by atoms with Gasteiger partial charge in [0.15, 0.2) is 0 Å². The molecule has 0 spiro atoms. The Morgan fingerprint density at radius 2 is 2.10 bits per heavy atom. The summed E-state index contributed by atoms with van der Waals surface area (Å²) >= 11 is 0. The van der Waals surface area contributed by atoms with Gasteiger partial charge < -0.3 is 5.32 Å². The first kappa shape index (κ1) is 15.7. The molecule has 0 saturated heterocycles. The molecule has 1 aromatic carbocycles. The van der Waals surface area contributed by atoms with Crippen LogP contribution in [0.1, 0.15) is 37.3 Å². The van der Waals surface area contributed by atoms with Crippen molar-refractivity contribution >= 4 is 11.7 Å². The van der Waals surface area contributed by atoms with Crippen LogP contribution in [0, 0.1) is 0 Å². The molecule has 1 aliphatic heterocycles. The molecule has 1 heterocycles. The highest BCUT2D eigenvalue weighted by Crippen LogP contribution is 2.30. The van der Waals surface area contributed by atoms with Crippen LogP contribution in [0.15, 0.2) is 18.2 Å². The Hall–Kier alpha value is -1.72. The third-order valence-electron chi connectivity index (χ3n) is 3.57. The lowest BCUT2D eigenvalue weighted by molar-refractivity contribution is -0.122. The minimum Gasteiger partial charge on any atom is -0.329 e. The molecule has 1 aliphatic rings. The van der Waals surface area contributed by atoms with Crippen molar-refractivity contribution in [2.75, 3.05) is 18.0 Å². The van der Waals surface area contributed by atoms with Crippen LogP contribution in [-0.4, -0.2) is 25.3 Å². The molecule has 0 saturated carbocycles. The van der Waals surface area contributed by atoms with Gasteiger partial charge in [-0.05, 0) is 36.0 Å². The number of hydrogen-bond acceptors (Lipinski definition) is 1. The van der Waals surface area contributed by atoms with Crippen LogP contribution < -0.4 is 10.2 Å². The molecule has 1 N–H and O–H groups in total. The Bertz CT molecular complexity index is 526. The molecule has 116 valence electrons. The van der Waals surface area contributed by atoms with E-state index in [4.69, 9.17) is 0 Å². The fourth-order valence-electron chi connectivity index (χ4n) is 2.46. The summed E-state index contributed by atoms with van der Waals surface area (Å²) in [7, 11) is 0. The molecule has 0 unspecified atom stereocenters. The second-order valence-electron chi connectivity index (χ2n) is 5.57. The fraction of sp³-hybridized carbons (Fsp3) is 0.533. The van der Waals surface area contributed by atoms with E-state index in [2.05, 4.69) is 13.8 Å². The van der Waals surface area contributed by atoms with Crippen molar-refractivity contribution in [1.29, 1.82) is 0 Å². The normalized spacial score (nSPS) is 15.0. The van der Waals surface area contributed by atoms with Gasteiger partial charge in [0.1, 0.15) is 6.54 Å². The zero-order valence-electron chi connectivity index (χ0n) is 12.1. The minimum absolute atomic E-state index is 0.379. The van der Waals surface area contributed by atoms with E-state index in [-0.39, 0.29) is 0 Å². The largest absolute Gasteiger partial charge is 0.405 e. The second kappa shape index (κ2) is 5.95. The first-order valence-electron chi connectivity index (χ1n) is 7.03. The van der Waals surface area contributed by atoms with Gasteiger partial charge in [-0.15, -0.1) is 0 Å². The highest BCUT2D eigenvalue weighted by atomic mass is 19.4. The van der Waals surface area contributed by atoms with Gasteiger partial charge in [-0.1, -0.05) is 26.0 Å². The number of carbonyl (C=O) groups excluding carboxylic acids is 1. The summed E-state index contributed by atoms with van der Waals surface area (Å²) in [5, 5.41) is 1.93. The zero-order chi connectivity index (χ0) is 15.6. The third-order valence-corrected chi connectivity index (χ3v) is 3.57. The number of nitrogens with zero attached hydrogens (tertiary/aromatic N) is 1. The first-order valence-corrected chi connectivity index (χ1v) is 7.03. The molecule has 3 nitrogen and oxygen atoms in total. The van der Waals surface area contributed by atoms with Crippen molar-refractivity contribution < 1.29 is 18.0 Å². The Morgan fingerprint density at radius 1 is 1.38 bits per heavy atom. The molecular weight excluding hydrogens is 281 g/mol. The quantitative estimate of drug-likeness (QED) is 0.884. The van der Waals surface area contributed by atoms with Crippen LogP contribution in [-0.2, 0) is 6.42 Å². The number of fused-ring (bicyclic) bond motifs is 1. The molecule has 0 atom stereocenters. The molecule has 6 heteroatoms. The number of aryl methyl sites for hydroxylation is 1. The predicted molar refractivity (Wildman–Crippen MR) is 75.7 cm³/mol. The molecule has 0 radical (unpaired) electrons. The van der Waals surface area contributed by atoms with Gasteiger partial charge in [0.2, 0.25) is 0 Å². The van der Waals surface area contributed by atoms with E-state index in [0.29, 0.717) is 18.2 Å². The highest BCUT2D eigenvalue weighted by Gasteiger charge is 2.30. The minimum atomic E-state index is -4.39. The Labute approximate surface area is 122 Å². The Kier molecular flexibility index (Phi) is 4.44. The number of amides is 2. The van der Waals surface area contributed by atoms with Crippen molar-refractivity contribution in [2.24, 2.45) is 0 Å². The molecule has 0 aromatic heterocycles. The van der Waals surface area contributed by atoms with Crippen molar-refractivity contribution in [1.82, 2.24) is 5.32 Å². The number of rotatable bonds is 2. The van der Waals surface area contributed by atoms with E-state index in [1.807, 2.05) is 23.5 Å². The summed E-state index contributed by atoms with van der Waals surface area (Å²) in [5.41, 5.74) is 2.91. The van der Waals surface area contributed by atoms with Crippen LogP contribution in [0.2, 0.25) is 0 Å². The lowest BCUT2D eigenvalue weighted by Crippen LogP contribution is -2.45. The summed E-state index contributed by atoms with van der Waals surface area (Å²) in [6.45, 7) is 3.30. The number of carbonyl (C=O) groups is 1. The van der Waals surface area contributed by atoms with Gasteiger partial charge in [0, 0.05) is 12.2 Å². The number of anilines is 1. The maximum Gasteiger partial charge on any atom is 0.405 e. The Balaban J connectivity index is 2.16. The smallest absolute Gasteiger partial charge is 0.329 e. The monoisotopic (exact) mass is 300 g/mol. The lowest BCUT2D eigenvalue weighted by Gasteiger charge is -2.30. The summed E-state index contributed by atoms with van der Waals surface area (Å²) in [4.78, 5) is 13.3. The SMILES string of the molecule is CC(C)c1ccc2c(c1)CCCN2C(=O)NCC(F)(F)F. The van der Waals surface area contributed by atoms with Crippen molar-refractivity contribution in [3.05, 3.63) is 29.3 Å². The van der Waals surface area contributed by atoms with E-state index in [1.54, 1.807) is 0 Å². The number of halogens is 3. The van der Waals surface area contributed by atoms with Crippen LogP contribution in [0.25, 0.3) is 0 Å². The lowest BCUT2D eigenvalue weighted by atomic mass is 9.95. The maximum absolute atomic E-state index is 12.2. The fourth-order valence-corrected chi connectivity index (χ4v) is 2.46. The average molecular weight is 300 g/mol. The summed E-state index contributed by atoms with van der Waals surface area (Å²) < 4.78 is 36.6. The van der Waals surface area contributed by atoms with Crippen LogP contribution in [0.3, 0.4) is 0 Å². The second-order valence-corrected chi connectivity index (χ2v) is 5.57. The predicted octanol–water partition coefficient (Wildman–Crippen LogP) is 3.83. The van der Waals surface area contributed by atoms with Gasteiger partial charge in [-0.25, -0.2) is 4.79 Å². The Morgan fingerprint density at radius 3 is 2.71 bits per heavy atom. The standard InChI is InChI=1S/C15H19F3N2O/c1-10(2)11-5-6-13-12(8-11)4-3-7-20(13)14(21)19-9-15(16,17)18/h5-6,8,10H,3-4,7,9H2,1-2H3,(H,19,21). The molecule has 0 aliphatic carbocycles. The molecule has 0 fully saturated rings. The molecule has 21 heavy (non-hydrogen) atoms. The number of nitrogens with one attached hydrogen (secondary N) is 1. The van der Waals surface area contributed by atoms with E-state index in [9.17, 15) is 18.0 Å². The summed E-state index contributed by atoms with van der Waals surface area (Å²) in [6.07, 6.45) is -2.79. The zero-order valence-corrected chi connectivity index (χ0v) is 12.1. The highest BCUT2D eigenvalue weighted by molar-refractivity contribution is 5.93. The number of urea groups is 1. The van der Waals surface area contributed by atoms with E-state index < -0.39 is 18.8 Å². The van der Waals surface area contributed by atoms with Crippen molar-refractivity contribution in [3.8, 4) is 0 Å². The van der Waals surface area contributed by atoms with Crippen LogP contribution in [0.4, 0.5) is 23.7 Å². The third kappa shape index (κ3) is 3.89. The number of benzene rings is 1. The van der Waals surface area contributed by atoms with Gasteiger partial charge in [-0.3, -0.25) is 4.90 Å². The topological polar surface area (TPSA) is 32.3 Å². The first-order chi connectivity index (χ1) is 9.78. The van der Waals surface area contributed by atoms with E-state index in [1.165, 1.54) is 10.5 Å². The molecule has 2 rings (SSSR count). The van der Waals surface area contributed by atoms with Gasteiger partial charge >= 0.3 is 12.2 Å². The molecule has 1 aromatic rings. The van der Waals surface area contributed by atoms with Gasteiger partial charge in [0.05, 0.1) is 0 Å². The summed E-state index contributed by atoms with van der Waals surface area (Å²) in [5.74, 6) is 0.379. The number of alkyl halides is 3. The van der Waals surface area contributed by atoms with Gasteiger partial charge in [0.25, 0.3) is 0 Å². The average Bonchev–Trinajstić information content (AvgIpc) is 2.42. The van der Waals surface area contributed by atoms with Crippen molar-refractivity contribution in [3.63, 3.8) is 0 Å². The van der Waals surface area contributed by atoms with Gasteiger partial charge in [-0.2, -0.15) is 13.2 Å². The molecular formula is C15H19F3N2O. The maximum atomic E-state index is 12.2. The van der Waals surface area contributed by atoms with E-state index in [0.717, 1.165) is 18.4 Å². The molecule has 2 amide bonds. The van der Waals surface area contributed by atoms with E-state index >= 15 is 0 Å². The summed E-state index contributed by atoms with van der Waals surface area (Å²) in [6, 6.07) is 5.12.